The summed E-state index contributed by atoms with van der Waals surface area (Å²) in [5, 5.41) is 2.99. The summed E-state index contributed by atoms with van der Waals surface area (Å²) in [5.41, 5.74) is 0.741. The molecule has 7 rings (SSSR count). The van der Waals surface area contributed by atoms with Gasteiger partial charge in [0.05, 0.1) is 17.5 Å². The molecule has 4 atom stereocenters. The van der Waals surface area contributed by atoms with Gasteiger partial charge in [0.1, 0.15) is 5.54 Å². The second-order valence-corrected chi connectivity index (χ2v) is 9.78. The molecule has 0 bridgehead atoms. The van der Waals surface area contributed by atoms with Crippen LogP contribution in [0.5, 0.6) is 11.5 Å². The van der Waals surface area contributed by atoms with Crippen molar-refractivity contribution in [1.29, 1.82) is 0 Å². The number of imide groups is 1. The number of benzene rings is 2. The van der Waals surface area contributed by atoms with Crippen LogP contribution in [-0.2, 0) is 19.9 Å². The van der Waals surface area contributed by atoms with Gasteiger partial charge in [-0.05, 0) is 49.7 Å². The third-order valence-electron chi connectivity index (χ3n) is 7.57. The average Bonchev–Trinajstić information content (AvgIpc) is 3.55. The van der Waals surface area contributed by atoms with Gasteiger partial charge in [0.2, 0.25) is 24.5 Å². The third-order valence-corrected chi connectivity index (χ3v) is 8.06. The van der Waals surface area contributed by atoms with E-state index in [0.717, 1.165) is 22.9 Å². The summed E-state index contributed by atoms with van der Waals surface area (Å²) in [6.07, 6.45) is 1.67. The molecule has 8 nitrogen and oxygen atoms in total. The first-order valence-electron chi connectivity index (χ1n) is 10.7. The Bertz CT molecular complexity index is 1250. The number of amides is 3. The molecule has 3 amide bonds. The van der Waals surface area contributed by atoms with Crippen LogP contribution in [0.15, 0.2) is 40.9 Å². The number of carbonyl (C=O) groups is 3. The number of nitrogens with zero attached hydrogens (tertiary/aromatic N) is 2. The van der Waals surface area contributed by atoms with Crippen LogP contribution >= 0.6 is 15.9 Å². The minimum absolute atomic E-state index is 0.109. The van der Waals surface area contributed by atoms with Crippen molar-refractivity contribution in [2.75, 3.05) is 23.6 Å². The van der Waals surface area contributed by atoms with E-state index in [0.29, 0.717) is 29.4 Å². The molecule has 5 heterocycles. The number of fused-ring (bicyclic) bond motifs is 8. The molecule has 3 fully saturated rings. The second-order valence-electron chi connectivity index (χ2n) is 8.87. The maximum absolute atomic E-state index is 13.9. The Labute approximate surface area is 191 Å². The summed E-state index contributed by atoms with van der Waals surface area (Å²) in [5.74, 6) is -1.06. The van der Waals surface area contributed by atoms with Crippen molar-refractivity contribution in [3.63, 3.8) is 0 Å². The fourth-order valence-electron chi connectivity index (χ4n) is 6.45. The van der Waals surface area contributed by atoms with Crippen molar-refractivity contribution < 1.29 is 23.9 Å². The van der Waals surface area contributed by atoms with Crippen molar-refractivity contribution in [2.24, 2.45) is 11.8 Å². The number of hydrogen-bond donors (Lipinski definition) is 1. The highest BCUT2D eigenvalue weighted by atomic mass is 79.9. The van der Waals surface area contributed by atoms with Crippen LogP contribution in [0.4, 0.5) is 11.4 Å². The molecular formula is C23H18BrN3O5. The van der Waals surface area contributed by atoms with E-state index in [1.165, 1.54) is 4.90 Å². The van der Waals surface area contributed by atoms with E-state index in [1.807, 2.05) is 18.2 Å². The van der Waals surface area contributed by atoms with Gasteiger partial charge in [-0.1, -0.05) is 15.9 Å². The van der Waals surface area contributed by atoms with E-state index in [1.54, 1.807) is 18.2 Å². The van der Waals surface area contributed by atoms with Crippen LogP contribution in [0.25, 0.3) is 0 Å². The predicted octanol–water partition coefficient (Wildman–Crippen LogP) is 2.61. The normalized spacial score (nSPS) is 32.0. The summed E-state index contributed by atoms with van der Waals surface area (Å²) in [6, 6.07) is 10.5. The molecule has 3 saturated heterocycles. The van der Waals surface area contributed by atoms with E-state index < -0.39 is 17.4 Å². The van der Waals surface area contributed by atoms with Gasteiger partial charge in [0.25, 0.3) is 0 Å². The maximum atomic E-state index is 13.9. The minimum atomic E-state index is -1.18. The highest BCUT2D eigenvalue weighted by molar-refractivity contribution is 9.10. The first-order chi connectivity index (χ1) is 15.5. The van der Waals surface area contributed by atoms with Crippen molar-refractivity contribution >= 4 is 45.0 Å². The topological polar surface area (TPSA) is 88.2 Å². The first kappa shape index (κ1) is 18.6. The molecule has 5 aliphatic rings. The van der Waals surface area contributed by atoms with Gasteiger partial charge in [-0.2, -0.15) is 0 Å². The molecule has 1 spiro atoms. The van der Waals surface area contributed by atoms with E-state index >= 15 is 0 Å². The minimum Gasteiger partial charge on any atom is -0.454 e. The van der Waals surface area contributed by atoms with Crippen LogP contribution in [0.1, 0.15) is 18.4 Å². The third kappa shape index (κ3) is 2.04. The highest BCUT2D eigenvalue weighted by Gasteiger charge is 2.74. The monoisotopic (exact) mass is 495 g/mol. The smallest absolute Gasteiger partial charge is 0.250 e. The maximum Gasteiger partial charge on any atom is 0.250 e. The summed E-state index contributed by atoms with van der Waals surface area (Å²) in [7, 11) is 0. The standard InChI is InChI=1S/C23H18BrN3O5/c24-11-3-5-14-13(8-11)23(22(30)25-14)19-18(15-2-1-7-26(15)23)20(28)27(21(19)29)12-4-6-16-17(9-12)32-10-31-16/h3-6,8-9,15,18-19H,1-2,7,10H2,(H,25,30)/t15-,18+,19-,23+/m0/s1. The van der Waals surface area contributed by atoms with Gasteiger partial charge in [0.15, 0.2) is 11.5 Å². The molecule has 0 radical (unpaired) electrons. The SMILES string of the molecule is O=C1[C@H]2[C@@H](C(=O)N1c1ccc3c(c1)OCO3)[C@]1(C(=O)Nc3ccc(Br)cc31)N1CCC[C@@H]21. The average molecular weight is 496 g/mol. The Morgan fingerprint density at radius 1 is 1.03 bits per heavy atom. The fourth-order valence-corrected chi connectivity index (χ4v) is 6.82. The van der Waals surface area contributed by atoms with Crippen LogP contribution in [-0.4, -0.2) is 42.0 Å². The zero-order valence-electron chi connectivity index (χ0n) is 16.8. The van der Waals surface area contributed by atoms with Crippen molar-refractivity contribution in [3.8, 4) is 11.5 Å². The molecule has 5 aliphatic heterocycles. The van der Waals surface area contributed by atoms with Gasteiger partial charge in [0, 0.05) is 27.8 Å². The number of ether oxygens (including phenoxy) is 2. The van der Waals surface area contributed by atoms with Gasteiger partial charge in [-0.3, -0.25) is 19.3 Å². The largest absolute Gasteiger partial charge is 0.454 e. The Hall–Kier alpha value is -2.91. The first-order valence-corrected chi connectivity index (χ1v) is 11.5. The lowest BCUT2D eigenvalue weighted by atomic mass is 9.75. The van der Waals surface area contributed by atoms with Gasteiger partial charge in [-0.25, -0.2) is 4.90 Å². The van der Waals surface area contributed by atoms with Crippen molar-refractivity contribution in [2.45, 2.75) is 24.4 Å². The molecule has 0 aliphatic carbocycles. The van der Waals surface area contributed by atoms with Gasteiger partial charge < -0.3 is 14.8 Å². The second kappa shape index (κ2) is 6.11. The number of hydrogen-bond acceptors (Lipinski definition) is 6. The lowest BCUT2D eigenvalue weighted by molar-refractivity contribution is -0.135. The lowest BCUT2D eigenvalue weighted by Gasteiger charge is -2.36. The molecule has 32 heavy (non-hydrogen) atoms. The summed E-state index contributed by atoms with van der Waals surface area (Å²) in [6.45, 7) is 0.791. The number of halogens is 1. The van der Waals surface area contributed by atoms with Crippen molar-refractivity contribution in [3.05, 3.63) is 46.4 Å². The quantitative estimate of drug-likeness (QED) is 0.611. The summed E-state index contributed by atoms with van der Waals surface area (Å²) < 4.78 is 11.6. The number of anilines is 2. The van der Waals surface area contributed by atoms with E-state index in [9.17, 15) is 14.4 Å². The molecule has 0 saturated carbocycles. The van der Waals surface area contributed by atoms with Crippen LogP contribution in [0.2, 0.25) is 0 Å². The lowest BCUT2D eigenvalue weighted by Crippen LogP contribution is -2.54. The molecular weight excluding hydrogens is 478 g/mol. The van der Waals surface area contributed by atoms with Crippen LogP contribution in [0, 0.1) is 11.8 Å². The molecule has 1 N–H and O–H groups in total. The van der Waals surface area contributed by atoms with Crippen LogP contribution < -0.4 is 19.7 Å². The zero-order chi connectivity index (χ0) is 21.8. The fraction of sp³-hybridized carbons (Fsp3) is 0.348. The number of carbonyl (C=O) groups excluding carboxylic acids is 3. The van der Waals surface area contributed by atoms with E-state index in [2.05, 4.69) is 26.1 Å². The Balaban J connectivity index is 1.41. The van der Waals surface area contributed by atoms with Gasteiger partial charge in [-0.15, -0.1) is 0 Å². The molecule has 9 heteroatoms. The van der Waals surface area contributed by atoms with Gasteiger partial charge >= 0.3 is 0 Å². The molecule has 2 aromatic rings. The number of nitrogens with one attached hydrogen (secondary N) is 1. The Kier molecular flexibility index (Phi) is 3.56. The van der Waals surface area contributed by atoms with E-state index in [-0.39, 0.29) is 30.6 Å². The summed E-state index contributed by atoms with van der Waals surface area (Å²) in [4.78, 5) is 44.7. The molecule has 0 unspecified atom stereocenters. The van der Waals surface area contributed by atoms with Crippen molar-refractivity contribution in [1.82, 2.24) is 4.90 Å². The molecule has 2 aromatic carbocycles. The Morgan fingerprint density at radius 2 is 1.88 bits per heavy atom. The zero-order valence-corrected chi connectivity index (χ0v) is 18.4. The van der Waals surface area contributed by atoms with E-state index in [4.69, 9.17) is 9.47 Å². The summed E-state index contributed by atoms with van der Waals surface area (Å²) >= 11 is 3.52. The predicted molar refractivity (Wildman–Crippen MR) is 116 cm³/mol. The molecule has 0 aromatic heterocycles. The highest BCUT2D eigenvalue weighted by Crippen LogP contribution is 2.61. The molecule has 162 valence electrons. The Morgan fingerprint density at radius 3 is 2.75 bits per heavy atom. The van der Waals surface area contributed by atoms with Crippen LogP contribution in [0.3, 0.4) is 0 Å². The number of rotatable bonds is 1.